The Labute approximate surface area is 119 Å². The maximum absolute atomic E-state index is 13.0. The van der Waals surface area contributed by atoms with Gasteiger partial charge in [0.15, 0.2) is 0 Å². The van der Waals surface area contributed by atoms with Crippen molar-refractivity contribution in [3.05, 3.63) is 35.6 Å². The second kappa shape index (κ2) is 4.48. The lowest BCUT2D eigenvalue weighted by molar-refractivity contribution is -0.0381. The topological polar surface area (TPSA) is 0 Å². The highest BCUT2D eigenvalue weighted by Crippen LogP contribution is 2.60. The fourth-order valence-electron chi connectivity index (χ4n) is 5.31. The van der Waals surface area contributed by atoms with Crippen LogP contribution in [0.2, 0.25) is 0 Å². The second-order valence-electron chi connectivity index (χ2n) is 6.96. The maximum Gasteiger partial charge on any atom is 0.123 e. The van der Waals surface area contributed by atoms with Crippen molar-refractivity contribution in [2.24, 2.45) is 29.6 Å². The van der Waals surface area contributed by atoms with Crippen LogP contribution in [0.4, 0.5) is 4.39 Å². The molecule has 0 radical (unpaired) electrons. The summed E-state index contributed by atoms with van der Waals surface area (Å²) in [5.41, 5.74) is 1.11. The summed E-state index contributed by atoms with van der Waals surface area (Å²) in [7, 11) is 0. The van der Waals surface area contributed by atoms with Gasteiger partial charge < -0.3 is 0 Å². The van der Waals surface area contributed by atoms with Crippen LogP contribution in [0.1, 0.15) is 43.0 Å². The third-order valence-electron chi connectivity index (χ3n) is 5.83. The molecule has 2 heteroatoms. The average molecular weight is 279 g/mol. The van der Waals surface area contributed by atoms with Gasteiger partial charge in [-0.2, -0.15) is 0 Å². The van der Waals surface area contributed by atoms with Crippen molar-refractivity contribution in [2.75, 3.05) is 0 Å². The fourth-order valence-corrected chi connectivity index (χ4v) is 5.87. The van der Waals surface area contributed by atoms with Gasteiger partial charge in [0, 0.05) is 0 Å². The molecule has 102 valence electrons. The normalized spacial score (nSPS) is 41.5. The molecule has 4 bridgehead atoms. The number of alkyl halides is 1. The van der Waals surface area contributed by atoms with Crippen LogP contribution in [0.5, 0.6) is 0 Å². The first-order valence-corrected chi connectivity index (χ1v) is 8.04. The molecule has 4 fully saturated rings. The predicted molar refractivity (Wildman–Crippen MR) is 75.5 cm³/mol. The summed E-state index contributed by atoms with van der Waals surface area (Å²) in [6.45, 7) is 0. The fraction of sp³-hybridized carbons (Fsp3) is 0.647. The van der Waals surface area contributed by atoms with Gasteiger partial charge in [-0.05, 0) is 79.4 Å². The SMILES string of the molecule is Fc1ccc(C(Cl)C2C3CC4CC(C3)CC2C4)cc1. The first kappa shape index (κ1) is 12.2. The zero-order chi connectivity index (χ0) is 13.0. The average Bonchev–Trinajstić information content (AvgIpc) is 2.38. The van der Waals surface area contributed by atoms with Gasteiger partial charge in [0.05, 0.1) is 5.38 Å². The highest BCUT2D eigenvalue weighted by atomic mass is 35.5. The largest absolute Gasteiger partial charge is 0.207 e. The zero-order valence-electron chi connectivity index (χ0n) is 11.1. The quantitative estimate of drug-likeness (QED) is 0.654. The molecule has 4 aliphatic carbocycles. The van der Waals surface area contributed by atoms with Crippen molar-refractivity contribution in [2.45, 2.75) is 37.5 Å². The van der Waals surface area contributed by atoms with Crippen LogP contribution in [0.3, 0.4) is 0 Å². The number of hydrogen-bond acceptors (Lipinski definition) is 0. The molecule has 0 N–H and O–H groups in total. The third-order valence-corrected chi connectivity index (χ3v) is 6.37. The molecule has 4 aliphatic rings. The number of hydrogen-bond donors (Lipinski definition) is 0. The highest BCUT2D eigenvalue weighted by Gasteiger charge is 2.50. The number of benzene rings is 1. The van der Waals surface area contributed by atoms with Gasteiger partial charge in [0.25, 0.3) is 0 Å². The van der Waals surface area contributed by atoms with Crippen molar-refractivity contribution in [1.29, 1.82) is 0 Å². The van der Waals surface area contributed by atoms with Gasteiger partial charge >= 0.3 is 0 Å². The molecule has 0 amide bonds. The molecule has 0 aromatic heterocycles. The van der Waals surface area contributed by atoms with Crippen molar-refractivity contribution >= 4 is 11.6 Å². The van der Waals surface area contributed by atoms with E-state index in [0.29, 0.717) is 5.92 Å². The molecule has 0 heterocycles. The highest BCUT2D eigenvalue weighted by molar-refractivity contribution is 6.21. The van der Waals surface area contributed by atoms with E-state index in [1.807, 2.05) is 12.1 Å². The molecule has 0 saturated heterocycles. The molecule has 5 rings (SSSR count). The first-order chi connectivity index (χ1) is 9.20. The molecule has 0 aliphatic heterocycles. The summed E-state index contributed by atoms with van der Waals surface area (Å²) in [6.07, 6.45) is 7.04. The lowest BCUT2D eigenvalue weighted by Gasteiger charge is -2.55. The lowest BCUT2D eigenvalue weighted by atomic mass is 9.51. The molecular formula is C17H20ClF. The summed E-state index contributed by atoms with van der Waals surface area (Å²) < 4.78 is 13.0. The van der Waals surface area contributed by atoms with Gasteiger partial charge in [-0.25, -0.2) is 4.39 Å². The van der Waals surface area contributed by atoms with E-state index >= 15 is 0 Å². The van der Waals surface area contributed by atoms with Gasteiger partial charge in [-0.15, -0.1) is 11.6 Å². The Bertz CT molecular complexity index is 439. The molecule has 19 heavy (non-hydrogen) atoms. The molecule has 1 unspecified atom stereocenters. The summed E-state index contributed by atoms with van der Waals surface area (Å²) >= 11 is 6.78. The summed E-state index contributed by atoms with van der Waals surface area (Å²) in [4.78, 5) is 0. The molecule has 1 aromatic carbocycles. The zero-order valence-corrected chi connectivity index (χ0v) is 11.8. The Morgan fingerprint density at radius 3 is 1.95 bits per heavy atom. The molecule has 0 nitrogen and oxygen atoms in total. The number of rotatable bonds is 2. The summed E-state index contributed by atoms with van der Waals surface area (Å²) in [5, 5.41) is 0.0793. The predicted octanol–water partition coefficient (Wildman–Crippen LogP) is 5.18. The Morgan fingerprint density at radius 1 is 0.895 bits per heavy atom. The van der Waals surface area contributed by atoms with Gasteiger partial charge in [-0.1, -0.05) is 12.1 Å². The van der Waals surface area contributed by atoms with Crippen molar-refractivity contribution in [3.8, 4) is 0 Å². The van der Waals surface area contributed by atoms with Crippen LogP contribution in [0.15, 0.2) is 24.3 Å². The van der Waals surface area contributed by atoms with E-state index in [4.69, 9.17) is 11.6 Å². The van der Waals surface area contributed by atoms with E-state index in [0.717, 1.165) is 29.2 Å². The Hall–Kier alpha value is -0.560. The van der Waals surface area contributed by atoms with E-state index in [1.54, 1.807) is 12.1 Å². The van der Waals surface area contributed by atoms with Crippen molar-refractivity contribution < 1.29 is 4.39 Å². The minimum absolute atomic E-state index is 0.0793. The Morgan fingerprint density at radius 2 is 1.42 bits per heavy atom. The summed E-state index contributed by atoms with van der Waals surface area (Å²) in [5.74, 6) is 4.07. The first-order valence-electron chi connectivity index (χ1n) is 7.60. The monoisotopic (exact) mass is 278 g/mol. The minimum atomic E-state index is -0.169. The summed E-state index contributed by atoms with van der Waals surface area (Å²) in [6, 6.07) is 6.83. The molecule has 1 atom stereocenters. The van der Waals surface area contributed by atoms with E-state index in [1.165, 1.54) is 32.1 Å². The Balaban J connectivity index is 1.60. The molecular weight excluding hydrogens is 259 g/mol. The van der Waals surface area contributed by atoms with Crippen LogP contribution >= 0.6 is 11.6 Å². The molecule has 0 spiro atoms. The van der Waals surface area contributed by atoms with Crippen LogP contribution in [-0.4, -0.2) is 0 Å². The van der Waals surface area contributed by atoms with Crippen LogP contribution in [0.25, 0.3) is 0 Å². The van der Waals surface area contributed by atoms with Gasteiger partial charge in [-0.3, -0.25) is 0 Å². The van der Waals surface area contributed by atoms with Crippen molar-refractivity contribution in [3.63, 3.8) is 0 Å². The third kappa shape index (κ3) is 2.01. The maximum atomic E-state index is 13.0. The second-order valence-corrected chi connectivity index (χ2v) is 7.43. The standard InChI is InChI=1S/C17H20ClF/c18-17(12-1-3-15(19)4-2-12)16-13-6-10-5-11(8-13)9-14(16)7-10/h1-4,10-11,13-14,16-17H,5-9H2. The van der Waals surface area contributed by atoms with Gasteiger partial charge in [0.2, 0.25) is 0 Å². The van der Waals surface area contributed by atoms with E-state index in [9.17, 15) is 4.39 Å². The van der Waals surface area contributed by atoms with Crippen molar-refractivity contribution in [1.82, 2.24) is 0 Å². The molecule has 1 aromatic rings. The van der Waals surface area contributed by atoms with E-state index < -0.39 is 0 Å². The van der Waals surface area contributed by atoms with Gasteiger partial charge in [0.1, 0.15) is 5.82 Å². The van der Waals surface area contributed by atoms with E-state index in [-0.39, 0.29) is 11.2 Å². The Kier molecular flexibility index (Phi) is 2.88. The number of halogens is 2. The van der Waals surface area contributed by atoms with Crippen LogP contribution in [0, 0.1) is 35.4 Å². The van der Waals surface area contributed by atoms with E-state index in [2.05, 4.69) is 0 Å². The van der Waals surface area contributed by atoms with Crippen LogP contribution in [-0.2, 0) is 0 Å². The van der Waals surface area contributed by atoms with Crippen LogP contribution < -0.4 is 0 Å². The lowest BCUT2D eigenvalue weighted by Crippen LogP contribution is -2.46. The smallest absolute Gasteiger partial charge is 0.123 e. The minimum Gasteiger partial charge on any atom is -0.207 e. The molecule has 4 saturated carbocycles.